The second-order valence-corrected chi connectivity index (χ2v) is 5.10. The van der Waals surface area contributed by atoms with Crippen LogP contribution in [0, 0.1) is 27.3 Å². The minimum absolute atomic E-state index is 0.000959. The predicted octanol–water partition coefficient (Wildman–Crippen LogP) is 1.38. The molecule has 0 spiro atoms. The zero-order valence-electron chi connectivity index (χ0n) is 11.7. The summed E-state index contributed by atoms with van der Waals surface area (Å²) in [7, 11) is 0. The lowest BCUT2D eigenvalue weighted by Crippen LogP contribution is -2.30. The van der Waals surface area contributed by atoms with Crippen LogP contribution in [0.15, 0.2) is 0 Å². The summed E-state index contributed by atoms with van der Waals surface area (Å²) in [6.45, 7) is 3.52. The number of H-pyrrole nitrogens is 1. The van der Waals surface area contributed by atoms with Crippen molar-refractivity contribution in [3.8, 4) is 12.1 Å². The number of hydrogen-bond donors (Lipinski definition) is 2. The van der Waals surface area contributed by atoms with Crippen molar-refractivity contribution in [2.75, 3.05) is 24.5 Å². The number of rotatable bonds is 2. The second kappa shape index (κ2) is 6.38. The molecule has 0 saturated carbocycles. The highest BCUT2D eigenvalue weighted by atomic mass is 32.1. The summed E-state index contributed by atoms with van der Waals surface area (Å²) in [5.41, 5.74) is 1.47. The Balaban J connectivity index is 2.57. The SMILES string of the molecule is CCc1c(C#N)c(N2CCNC(=O)CC2)[nH]c(=S)c1C#N. The van der Waals surface area contributed by atoms with Crippen LogP contribution < -0.4 is 10.2 Å². The number of hydrogen-bond acceptors (Lipinski definition) is 5. The normalized spacial score (nSPS) is 14.8. The van der Waals surface area contributed by atoms with Gasteiger partial charge in [0, 0.05) is 26.1 Å². The number of carbonyl (C=O) groups excluding carboxylic acids is 1. The van der Waals surface area contributed by atoms with Crippen molar-refractivity contribution in [3.63, 3.8) is 0 Å². The summed E-state index contributed by atoms with van der Waals surface area (Å²) in [5, 5.41) is 21.5. The molecule has 0 bridgehead atoms. The molecule has 2 N–H and O–H groups in total. The molecule has 2 rings (SSSR count). The molecule has 0 atom stereocenters. The number of nitrogens with one attached hydrogen (secondary N) is 2. The Kier molecular flexibility index (Phi) is 4.56. The Bertz CT molecular complexity index is 710. The molecule has 1 aliphatic heterocycles. The van der Waals surface area contributed by atoms with E-state index in [1.165, 1.54) is 0 Å². The molecule has 1 amide bonds. The lowest BCUT2D eigenvalue weighted by atomic mass is 10.0. The molecule has 108 valence electrons. The number of aromatic nitrogens is 1. The molecule has 0 aromatic carbocycles. The van der Waals surface area contributed by atoms with Gasteiger partial charge in [-0.3, -0.25) is 4.79 Å². The van der Waals surface area contributed by atoms with Crippen LogP contribution >= 0.6 is 12.2 Å². The van der Waals surface area contributed by atoms with Crippen LogP contribution in [-0.4, -0.2) is 30.5 Å². The van der Waals surface area contributed by atoms with E-state index in [1.54, 1.807) is 0 Å². The van der Waals surface area contributed by atoms with Crippen molar-refractivity contribution < 1.29 is 4.79 Å². The van der Waals surface area contributed by atoms with E-state index in [0.29, 0.717) is 59.6 Å². The lowest BCUT2D eigenvalue weighted by Gasteiger charge is -2.24. The van der Waals surface area contributed by atoms with Crippen LogP contribution in [0.3, 0.4) is 0 Å². The summed E-state index contributed by atoms with van der Waals surface area (Å²) < 4.78 is 0.340. The highest BCUT2D eigenvalue weighted by Crippen LogP contribution is 2.25. The minimum atomic E-state index is -0.000959. The van der Waals surface area contributed by atoms with Crippen molar-refractivity contribution >= 4 is 23.9 Å². The first-order valence-electron chi connectivity index (χ1n) is 6.73. The van der Waals surface area contributed by atoms with Crippen molar-refractivity contribution in [3.05, 3.63) is 21.3 Å². The third-order valence-corrected chi connectivity index (χ3v) is 3.81. The Morgan fingerprint density at radius 2 is 2.00 bits per heavy atom. The summed E-state index contributed by atoms with van der Waals surface area (Å²) in [5.74, 6) is 0.605. The lowest BCUT2D eigenvalue weighted by molar-refractivity contribution is -0.120. The molecule has 21 heavy (non-hydrogen) atoms. The van der Waals surface area contributed by atoms with Gasteiger partial charge in [0.1, 0.15) is 22.6 Å². The van der Waals surface area contributed by atoms with E-state index in [2.05, 4.69) is 22.4 Å². The molecule has 0 unspecified atom stereocenters. The fourth-order valence-electron chi connectivity index (χ4n) is 2.46. The molecule has 1 fully saturated rings. The quantitative estimate of drug-likeness (QED) is 0.804. The van der Waals surface area contributed by atoms with E-state index in [4.69, 9.17) is 12.2 Å². The first-order chi connectivity index (χ1) is 10.1. The van der Waals surface area contributed by atoms with Gasteiger partial charge in [-0.25, -0.2) is 0 Å². The average molecular weight is 301 g/mol. The Hall–Kier alpha value is -2.38. The third kappa shape index (κ3) is 2.88. The standard InChI is InChI=1S/C14H15N5OS/c1-2-9-10(7-15)13(18-14(21)11(9)8-16)19-5-3-12(20)17-4-6-19/h2-6H2,1H3,(H,17,20)(H,18,21). The molecule has 6 nitrogen and oxygen atoms in total. The number of anilines is 1. The fraction of sp³-hybridized carbons (Fsp3) is 0.429. The van der Waals surface area contributed by atoms with Gasteiger partial charge >= 0.3 is 0 Å². The molecule has 1 aromatic heterocycles. The first-order valence-corrected chi connectivity index (χ1v) is 7.14. The second-order valence-electron chi connectivity index (χ2n) is 4.70. The van der Waals surface area contributed by atoms with Crippen molar-refractivity contribution in [2.24, 2.45) is 0 Å². The highest BCUT2D eigenvalue weighted by Gasteiger charge is 2.21. The van der Waals surface area contributed by atoms with Gasteiger partial charge < -0.3 is 15.2 Å². The molecular formula is C14H15N5OS. The smallest absolute Gasteiger partial charge is 0.221 e. The van der Waals surface area contributed by atoms with Crippen LogP contribution in [0.5, 0.6) is 0 Å². The van der Waals surface area contributed by atoms with E-state index >= 15 is 0 Å². The van der Waals surface area contributed by atoms with Gasteiger partial charge in [0.2, 0.25) is 5.91 Å². The number of amides is 1. The maximum absolute atomic E-state index is 11.4. The molecule has 1 aromatic rings. The Morgan fingerprint density at radius 1 is 1.29 bits per heavy atom. The topological polar surface area (TPSA) is 95.7 Å². The fourth-order valence-corrected chi connectivity index (χ4v) is 2.72. The summed E-state index contributed by atoms with van der Waals surface area (Å²) in [6, 6.07) is 4.24. The molecular weight excluding hydrogens is 286 g/mol. The summed E-state index contributed by atoms with van der Waals surface area (Å²) >= 11 is 5.23. The maximum atomic E-state index is 11.4. The Labute approximate surface area is 128 Å². The molecule has 1 saturated heterocycles. The molecule has 2 heterocycles. The molecule has 7 heteroatoms. The number of pyridine rings is 1. The predicted molar refractivity (Wildman–Crippen MR) is 80.3 cm³/mol. The monoisotopic (exact) mass is 301 g/mol. The first kappa shape index (κ1) is 15.0. The number of aromatic amines is 1. The maximum Gasteiger partial charge on any atom is 0.221 e. The molecule has 0 aliphatic carbocycles. The van der Waals surface area contributed by atoms with Gasteiger partial charge in [-0.2, -0.15) is 10.5 Å². The molecule has 0 radical (unpaired) electrons. The summed E-state index contributed by atoms with van der Waals surface area (Å²) in [6.07, 6.45) is 0.926. The minimum Gasteiger partial charge on any atom is -0.355 e. The van der Waals surface area contributed by atoms with Crippen LogP contribution in [0.2, 0.25) is 0 Å². The van der Waals surface area contributed by atoms with E-state index in [-0.39, 0.29) is 5.91 Å². The van der Waals surface area contributed by atoms with Gasteiger partial charge in [-0.1, -0.05) is 19.1 Å². The molecule has 1 aliphatic rings. The van der Waals surface area contributed by atoms with Crippen LogP contribution in [0.1, 0.15) is 30.0 Å². The number of carbonyl (C=O) groups is 1. The van der Waals surface area contributed by atoms with Gasteiger partial charge in [-0.15, -0.1) is 0 Å². The summed E-state index contributed by atoms with van der Waals surface area (Å²) in [4.78, 5) is 16.4. The van der Waals surface area contributed by atoms with Gasteiger partial charge in [0.25, 0.3) is 0 Å². The Morgan fingerprint density at radius 3 is 2.62 bits per heavy atom. The zero-order chi connectivity index (χ0) is 15.4. The third-order valence-electron chi connectivity index (χ3n) is 3.51. The number of nitrogens with zero attached hydrogens (tertiary/aromatic N) is 3. The van der Waals surface area contributed by atoms with Crippen molar-refractivity contribution in [1.82, 2.24) is 10.3 Å². The van der Waals surface area contributed by atoms with E-state index in [1.807, 2.05) is 11.8 Å². The van der Waals surface area contributed by atoms with Crippen molar-refractivity contribution in [2.45, 2.75) is 19.8 Å². The van der Waals surface area contributed by atoms with E-state index in [0.717, 1.165) is 0 Å². The van der Waals surface area contributed by atoms with Gasteiger partial charge in [0.05, 0.1) is 11.1 Å². The van der Waals surface area contributed by atoms with E-state index in [9.17, 15) is 15.3 Å². The van der Waals surface area contributed by atoms with Crippen LogP contribution in [0.25, 0.3) is 0 Å². The number of nitriles is 2. The zero-order valence-corrected chi connectivity index (χ0v) is 12.5. The average Bonchev–Trinajstić information content (AvgIpc) is 2.70. The van der Waals surface area contributed by atoms with Gasteiger partial charge in [-0.05, 0) is 12.0 Å². The van der Waals surface area contributed by atoms with Gasteiger partial charge in [0.15, 0.2) is 0 Å². The largest absolute Gasteiger partial charge is 0.355 e. The van der Waals surface area contributed by atoms with Crippen LogP contribution in [-0.2, 0) is 11.2 Å². The van der Waals surface area contributed by atoms with E-state index < -0.39 is 0 Å². The van der Waals surface area contributed by atoms with Crippen molar-refractivity contribution in [1.29, 1.82) is 10.5 Å². The highest BCUT2D eigenvalue weighted by molar-refractivity contribution is 7.71. The van der Waals surface area contributed by atoms with Crippen LogP contribution in [0.4, 0.5) is 5.82 Å².